The van der Waals surface area contributed by atoms with Gasteiger partial charge < -0.3 is 18.9 Å². The van der Waals surface area contributed by atoms with Crippen molar-refractivity contribution in [2.45, 2.75) is 26.7 Å². The molecule has 0 heterocycles. The zero-order valence-corrected chi connectivity index (χ0v) is 11.3. The fraction of sp³-hybridized carbons (Fsp3) is 0.923. The second-order valence-electron chi connectivity index (χ2n) is 3.66. The van der Waals surface area contributed by atoms with Gasteiger partial charge in [0, 0.05) is 19.6 Å². The molecule has 0 N–H and O–H groups in total. The van der Waals surface area contributed by atoms with Crippen LogP contribution in [0.25, 0.3) is 0 Å². The molecule has 4 heteroatoms. The van der Waals surface area contributed by atoms with Crippen molar-refractivity contribution in [3.63, 3.8) is 0 Å². The molecule has 0 amide bonds. The molecule has 0 spiro atoms. The summed E-state index contributed by atoms with van der Waals surface area (Å²) in [4.78, 5) is 0. The molecule has 4 nitrogen and oxygen atoms in total. The predicted molar refractivity (Wildman–Crippen MR) is 68.2 cm³/mol. The van der Waals surface area contributed by atoms with Crippen molar-refractivity contribution in [2.75, 3.05) is 52.9 Å². The molecule has 0 aliphatic rings. The molecule has 17 heavy (non-hydrogen) atoms. The van der Waals surface area contributed by atoms with Crippen LogP contribution in [0.3, 0.4) is 0 Å². The Morgan fingerprint density at radius 1 is 0.588 bits per heavy atom. The minimum atomic E-state index is 0.616. The van der Waals surface area contributed by atoms with Crippen molar-refractivity contribution in [1.29, 1.82) is 0 Å². The van der Waals surface area contributed by atoms with Gasteiger partial charge in [-0.25, -0.2) is 0 Å². The van der Waals surface area contributed by atoms with Crippen LogP contribution in [0.4, 0.5) is 0 Å². The molecule has 0 aromatic heterocycles. The van der Waals surface area contributed by atoms with E-state index in [0.29, 0.717) is 39.6 Å². The van der Waals surface area contributed by atoms with Gasteiger partial charge in [-0.1, -0.05) is 13.8 Å². The fourth-order valence-corrected chi connectivity index (χ4v) is 1.11. The topological polar surface area (TPSA) is 36.9 Å². The molecular formula is C13H27O4. The third-order valence-electron chi connectivity index (χ3n) is 1.91. The first kappa shape index (κ1) is 16.8. The van der Waals surface area contributed by atoms with Crippen molar-refractivity contribution < 1.29 is 18.9 Å². The van der Waals surface area contributed by atoms with Crippen LogP contribution < -0.4 is 0 Å². The van der Waals surface area contributed by atoms with Crippen molar-refractivity contribution in [2.24, 2.45) is 0 Å². The van der Waals surface area contributed by atoms with Gasteiger partial charge in [-0.2, -0.15) is 0 Å². The molecule has 0 unspecified atom stereocenters. The van der Waals surface area contributed by atoms with E-state index < -0.39 is 0 Å². The molecule has 1 radical (unpaired) electrons. The molecule has 103 valence electrons. The summed E-state index contributed by atoms with van der Waals surface area (Å²) in [6, 6.07) is 0. The first-order valence-corrected chi connectivity index (χ1v) is 6.54. The number of ether oxygens (including phenoxy) is 4. The van der Waals surface area contributed by atoms with Gasteiger partial charge in [-0.05, 0) is 12.8 Å². The molecule has 0 aliphatic carbocycles. The summed E-state index contributed by atoms with van der Waals surface area (Å²) in [6.07, 6.45) is 4.08. The van der Waals surface area contributed by atoms with Crippen LogP contribution in [0.5, 0.6) is 0 Å². The van der Waals surface area contributed by atoms with Crippen LogP contribution in [0.15, 0.2) is 0 Å². The highest BCUT2D eigenvalue weighted by Gasteiger charge is 1.92. The summed E-state index contributed by atoms with van der Waals surface area (Å²) >= 11 is 0. The smallest absolute Gasteiger partial charge is 0.0700 e. The van der Waals surface area contributed by atoms with Crippen LogP contribution in [0, 0.1) is 6.42 Å². The molecule has 0 aromatic rings. The van der Waals surface area contributed by atoms with E-state index in [-0.39, 0.29) is 0 Å². The molecule has 0 aliphatic heterocycles. The summed E-state index contributed by atoms with van der Waals surface area (Å²) in [5.41, 5.74) is 0. The Balaban J connectivity index is 2.85. The SMILES string of the molecule is CCCOCCOC[CH]COCCOCCC. The Bertz CT molecular complexity index is 117. The summed E-state index contributed by atoms with van der Waals surface area (Å²) in [5.74, 6) is 0. The largest absolute Gasteiger partial charge is 0.379 e. The zero-order valence-electron chi connectivity index (χ0n) is 11.3. The minimum Gasteiger partial charge on any atom is -0.379 e. The van der Waals surface area contributed by atoms with Gasteiger partial charge in [0.1, 0.15) is 0 Å². The molecule has 0 saturated carbocycles. The van der Waals surface area contributed by atoms with E-state index in [9.17, 15) is 0 Å². The second-order valence-corrected chi connectivity index (χ2v) is 3.66. The molecule has 0 rings (SSSR count). The van der Waals surface area contributed by atoms with Crippen LogP contribution in [0.1, 0.15) is 26.7 Å². The van der Waals surface area contributed by atoms with Gasteiger partial charge in [0.2, 0.25) is 0 Å². The Hall–Kier alpha value is -0.160. The van der Waals surface area contributed by atoms with Gasteiger partial charge in [0.25, 0.3) is 0 Å². The number of hydrogen-bond donors (Lipinski definition) is 0. The standard InChI is InChI=1S/C13H27O4/c1-3-6-14-10-12-16-8-5-9-17-13-11-15-7-4-2/h5H,3-4,6-13H2,1-2H3. The summed E-state index contributed by atoms with van der Waals surface area (Å²) < 4.78 is 21.2. The third kappa shape index (κ3) is 15.8. The fourth-order valence-electron chi connectivity index (χ4n) is 1.11. The Labute approximate surface area is 106 Å². The predicted octanol–water partition coefficient (Wildman–Crippen LogP) is 2.08. The highest BCUT2D eigenvalue weighted by Crippen LogP contribution is 1.87. The lowest BCUT2D eigenvalue weighted by molar-refractivity contribution is 0.0386. The quantitative estimate of drug-likeness (QED) is 0.440. The summed E-state index contributed by atoms with van der Waals surface area (Å²) in [7, 11) is 0. The van der Waals surface area contributed by atoms with E-state index in [1.165, 1.54) is 0 Å². The lowest BCUT2D eigenvalue weighted by Gasteiger charge is -2.06. The van der Waals surface area contributed by atoms with Crippen molar-refractivity contribution in [3.05, 3.63) is 6.42 Å². The lowest BCUT2D eigenvalue weighted by atomic mass is 10.5. The van der Waals surface area contributed by atoms with Gasteiger partial charge in [0.15, 0.2) is 0 Å². The minimum absolute atomic E-state index is 0.616. The van der Waals surface area contributed by atoms with Gasteiger partial charge in [0.05, 0.1) is 39.6 Å². The zero-order chi connectivity index (χ0) is 12.6. The van der Waals surface area contributed by atoms with Crippen LogP contribution >= 0.6 is 0 Å². The molecule has 0 bridgehead atoms. The second kappa shape index (κ2) is 15.8. The first-order valence-electron chi connectivity index (χ1n) is 6.54. The van der Waals surface area contributed by atoms with E-state index in [0.717, 1.165) is 26.1 Å². The molecule has 0 aromatic carbocycles. The highest BCUT2D eigenvalue weighted by atomic mass is 16.5. The lowest BCUT2D eigenvalue weighted by Crippen LogP contribution is -2.10. The van der Waals surface area contributed by atoms with Gasteiger partial charge in [-0.15, -0.1) is 0 Å². The summed E-state index contributed by atoms with van der Waals surface area (Å²) in [6.45, 7) is 9.69. The van der Waals surface area contributed by atoms with Crippen LogP contribution in [-0.2, 0) is 18.9 Å². The maximum atomic E-state index is 5.33. The normalized spacial score (nSPS) is 10.9. The third-order valence-corrected chi connectivity index (χ3v) is 1.91. The monoisotopic (exact) mass is 247 g/mol. The van der Waals surface area contributed by atoms with E-state index in [1.54, 1.807) is 0 Å². The van der Waals surface area contributed by atoms with E-state index in [1.807, 2.05) is 6.42 Å². The Kier molecular flexibility index (Phi) is 15.7. The summed E-state index contributed by atoms with van der Waals surface area (Å²) in [5, 5.41) is 0. The van der Waals surface area contributed by atoms with Crippen molar-refractivity contribution in [3.8, 4) is 0 Å². The average molecular weight is 247 g/mol. The van der Waals surface area contributed by atoms with E-state index in [4.69, 9.17) is 18.9 Å². The van der Waals surface area contributed by atoms with E-state index in [2.05, 4.69) is 13.8 Å². The van der Waals surface area contributed by atoms with E-state index >= 15 is 0 Å². The van der Waals surface area contributed by atoms with Crippen LogP contribution in [0.2, 0.25) is 0 Å². The van der Waals surface area contributed by atoms with Gasteiger partial charge in [-0.3, -0.25) is 0 Å². The van der Waals surface area contributed by atoms with Crippen LogP contribution in [-0.4, -0.2) is 52.9 Å². The maximum absolute atomic E-state index is 5.33. The first-order chi connectivity index (χ1) is 8.41. The maximum Gasteiger partial charge on any atom is 0.0700 e. The van der Waals surface area contributed by atoms with Crippen molar-refractivity contribution in [1.82, 2.24) is 0 Å². The molecule has 0 saturated heterocycles. The molecular weight excluding hydrogens is 220 g/mol. The number of rotatable bonds is 14. The Morgan fingerprint density at radius 2 is 1.00 bits per heavy atom. The Morgan fingerprint density at radius 3 is 1.41 bits per heavy atom. The van der Waals surface area contributed by atoms with Crippen molar-refractivity contribution >= 4 is 0 Å². The van der Waals surface area contributed by atoms with Gasteiger partial charge >= 0.3 is 0 Å². The number of hydrogen-bond acceptors (Lipinski definition) is 4. The average Bonchev–Trinajstić information content (AvgIpc) is 2.35. The highest BCUT2D eigenvalue weighted by molar-refractivity contribution is 4.61. The molecule has 0 fully saturated rings. The molecule has 0 atom stereocenters.